The molecule has 3 rings (SSSR count). The number of carbonyl (C=O) groups is 3. The molecule has 0 aliphatic carbocycles. The molecule has 0 aliphatic rings. The standard InChI is InChI=1S/C23H20N2O4S/c1-24-23(28)17-8-5-9-18(14-17)25-21(26)15-29-22(27)13-11-19-10-12-20(30-19)16-6-3-2-4-7-16/h2-14H,15H2,1H3,(H,24,28)(H,25,26)/b13-11+. The molecule has 1 heterocycles. The molecular weight excluding hydrogens is 400 g/mol. The molecule has 3 aromatic rings. The number of esters is 1. The zero-order valence-corrected chi connectivity index (χ0v) is 17.1. The molecule has 0 saturated carbocycles. The van der Waals surface area contributed by atoms with Crippen molar-refractivity contribution in [2.24, 2.45) is 0 Å². The summed E-state index contributed by atoms with van der Waals surface area (Å²) in [6.07, 6.45) is 2.95. The zero-order chi connectivity index (χ0) is 21.3. The van der Waals surface area contributed by atoms with E-state index in [9.17, 15) is 14.4 Å². The van der Waals surface area contributed by atoms with Crippen LogP contribution >= 0.6 is 11.3 Å². The van der Waals surface area contributed by atoms with E-state index in [-0.39, 0.29) is 5.91 Å². The van der Waals surface area contributed by atoms with Crippen LogP contribution in [0.15, 0.2) is 72.8 Å². The van der Waals surface area contributed by atoms with E-state index in [4.69, 9.17) is 4.74 Å². The second kappa shape index (κ2) is 10.2. The summed E-state index contributed by atoms with van der Waals surface area (Å²) in [6, 6.07) is 20.3. The number of thiophene rings is 1. The number of benzene rings is 2. The van der Waals surface area contributed by atoms with Gasteiger partial charge in [0, 0.05) is 34.1 Å². The predicted molar refractivity (Wildman–Crippen MR) is 118 cm³/mol. The molecule has 30 heavy (non-hydrogen) atoms. The normalized spacial score (nSPS) is 10.6. The highest BCUT2D eigenvalue weighted by molar-refractivity contribution is 7.16. The van der Waals surface area contributed by atoms with Crippen molar-refractivity contribution in [1.82, 2.24) is 5.32 Å². The van der Waals surface area contributed by atoms with Gasteiger partial charge in [-0.2, -0.15) is 0 Å². The van der Waals surface area contributed by atoms with Gasteiger partial charge in [-0.25, -0.2) is 4.79 Å². The fourth-order valence-electron chi connectivity index (χ4n) is 2.61. The van der Waals surface area contributed by atoms with Gasteiger partial charge in [-0.3, -0.25) is 9.59 Å². The molecule has 0 atom stereocenters. The average Bonchev–Trinajstić information content (AvgIpc) is 3.25. The minimum atomic E-state index is -0.612. The zero-order valence-electron chi connectivity index (χ0n) is 16.3. The largest absolute Gasteiger partial charge is 0.452 e. The molecule has 2 N–H and O–H groups in total. The van der Waals surface area contributed by atoms with Crippen LogP contribution in [0.5, 0.6) is 0 Å². The van der Waals surface area contributed by atoms with Gasteiger partial charge in [0.1, 0.15) is 0 Å². The minimum absolute atomic E-state index is 0.258. The Balaban J connectivity index is 1.49. The minimum Gasteiger partial charge on any atom is -0.452 e. The quantitative estimate of drug-likeness (QED) is 0.447. The number of hydrogen-bond acceptors (Lipinski definition) is 5. The highest BCUT2D eigenvalue weighted by Gasteiger charge is 2.08. The summed E-state index contributed by atoms with van der Waals surface area (Å²) < 4.78 is 4.98. The van der Waals surface area contributed by atoms with Crippen molar-refractivity contribution in [1.29, 1.82) is 0 Å². The Morgan fingerprint density at radius 1 is 1.00 bits per heavy atom. The molecule has 0 unspecified atom stereocenters. The second-order valence-electron chi connectivity index (χ2n) is 6.22. The summed E-state index contributed by atoms with van der Waals surface area (Å²) in [5.74, 6) is -1.36. The van der Waals surface area contributed by atoms with Crippen molar-refractivity contribution < 1.29 is 19.1 Å². The lowest BCUT2D eigenvalue weighted by Gasteiger charge is -2.07. The summed E-state index contributed by atoms with van der Waals surface area (Å²) in [5.41, 5.74) is 1.97. The van der Waals surface area contributed by atoms with Crippen LogP contribution in [-0.2, 0) is 14.3 Å². The fraction of sp³-hybridized carbons (Fsp3) is 0.0870. The number of anilines is 1. The number of rotatable bonds is 7. The summed E-state index contributed by atoms with van der Waals surface area (Å²) in [6.45, 7) is -0.424. The van der Waals surface area contributed by atoms with Gasteiger partial charge < -0.3 is 15.4 Å². The van der Waals surface area contributed by atoms with E-state index < -0.39 is 18.5 Å². The van der Waals surface area contributed by atoms with Crippen molar-refractivity contribution in [3.8, 4) is 10.4 Å². The third-order valence-corrected chi connectivity index (χ3v) is 5.15. The molecule has 2 amide bonds. The average molecular weight is 420 g/mol. The Morgan fingerprint density at radius 2 is 1.80 bits per heavy atom. The number of carbonyl (C=O) groups excluding carboxylic acids is 3. The van der Waals surface area contributed by atoms with E-state index >= 15 is 0 Å². The molecule has 0 spiro atoms. The van der Waals surface area contributed by atoms with E-state index in [1.165, 1.54) is 13.1 Å². The van der Waals surface area contributed by atoms with Crippen LogP contribution in [0, 0.1) is 0 Å². The maximum Gasteiger partial charge on any atom is 0.331 e. The van der Waals surface area contributed by atoms with Crippen LogP contribution in [0.25, 0.3) is 16.5 Å². The van der Waals surface area contributed by atoms with Gasteiger partial charge in [-0.1, -0.05) is 36.4 Å². The van der Waals surface area contributed by atoms with Crippen molar-refractivity contribution in [2.45, 2.75) is 0 Å². The molecule has 1 aromatic heterocycles. The van der Waals surface area contributed by atoms with Crippen LogP contribution in [0.4, 0.5) is 5.69 Å². The highest BCUT2D eigenvalue weighted by Crippen LogP contribution is 2.28. The van der Waals surface area contributed by atoms with Crippen molar-refractivity contribution >= 4 is 40.9 Å². The molecular formula is C23H20N2O4S. The lowest BCUT2D eigenvalue weighted by Crippen LogP contribution is -2.21. The number of hydrogen-bond donors (Lipinski definition) is 2. The smallest absolute Gasteiger partial charge is 0.331 e. The lowest BCUT2D eigenvalue weighted by molar-refractivity contribution is -0.142. The topological polar surface area (TPSA) is 84.5 Å². The number of ether oxygens (including phenoxy) is 1. The first-order valence-corrected chi connectivity index (χ1v) is 9.99. The first-order valence-electron chi connectivity index (χ1n) is 9.17. The van der Waals surface area contributed by atoms with Crippen molar-refractivity contribution in [3.63, 3.8) is 0 Å². The van der Waals surface area contributed by atoms with Gasteiger partial charge in [0.05, 0.1) is 0 Å². The maximum atomic E-state index is 12.0. The van der Waals surface area contributed by atoms with Gasteiger partial charge in [0.25, 0.3) is 11.8 Å². The van der Waals surface area contributed by atoms with Crippen LogP contribution in [-0.4, -0.2) is 31.4 Å². The fourth-order valence-corrected chi connectivity index (χ4v) is 3.53. The SMILES string of the molecule is CNC(=O)c1cccc(NC(=O)COC(=O)/C=C/c2ccc(-c3ccccc3)s2)c1. The summed E-state index contributed by atoms with van der Waals surface area (Å²) >= 11 is 1.55. The second-order valence-corrected chi connectivity index (χ2v) is 7.33. The molecule has 0 saturated heterocycles. The van der Waals surface area contributed by atoms with Crippen LogP contribution < -0.4 is 10.6 Å². The molecule has 6 nitrogen and oxygen atoms in total. The van der Waals surface area contributed by atoms with Gasteiger partial charge in [-0.05, 0) is 42.0 Å². The molecule has 0 aliphatic heterocycles. The van der Waals surface area contributed by atoms with Gasteiger partial charge in [0.15, 0.2) is 6.61 Å². The first kappa shape index (κ1) is 21.0. The monoisotopic (exact) mass is 420 g/mol. The van der Waals surface area contributed by atoms with Gasteiger partial charge in [0.2, 0.25) is 0 Å². The summed E-state index contributed by atoms with van der Waals surface area (Å²) in [7, 11) is 1.53. The summed E-state index contributed by atoms with van der Waals surface area (Å²) in [4.78, 5) is 37.5. The molecule has 152 valence electrons. The van der Waals surface area contributed by atoms with E-state index in [0.29, 0.717) is 11.3 Å². The number of nitrogens with one attached hydrogen (secondary N) is 2. The van der Waals surface area contributed by atoms with Gasteiger partial charge in [-0.15, -0.1) is 11.3 Å². The predicted octanol–water partition coefficient (Wildman–Crippen LogP) is 3.97. The first-order chi connectivity index (χ1) is 14.5. The van der Waals surface area contributed by atoms with Crippen molar-refractivity contribution in [2.75, 3.05) is 19.0 Å². The van der Waals surface area contributed by atoms with Crippen molar-refractivity contribution in [3.05, 3.63) is 83.2 Å². The Hall–Kier alpha value is -3.71. The maximum absolute atomic E-state index is 12.0. The van der Waals surface area contributed by atoms with E-state index in [1.807, 2.05) is 42.5 Å². The van der Waals surface area contributed by atoms with E-state index in [1.54, 1.807) is 41.7 Å². The third-order valence-electron chi connectivity index (χ3n) is 4.05. The van der Waals surface area contributed by atoms with Crippen LogP contribution in [0.3, 0.4) is 0 Å². The Morgan fingerprint density at radius 3 is 2.57 bits per heavy atom. The highest BCUT2D eigenvalue weighted by atomic mass is 32.1. The van der Waals surface area contributed by atoms with E-state index in [2.05, 4.69) is 10.6 Å². The Labute approximate surface area is 178 Å². The van der Waals surface area contributed by atoms with E-state index in [0.717, 1.165) is 15.3 Å². The Bertz CT molecular complexity index is 1070. The van der Waals surface area contributed by atoms with Crippen LogP contribution in [0.2, 0.25) is 0 Å². The number of amides is 2. The summed E-state index contributed by atoms with van der Waals surface area (Å²) in [5, 5.41) is 5.11. The molecule has 0 radical (unpaired) electrons. The molecule has 7 heteroatoms. The molecule has 2 aromatic carbocycles. The Kier molecular flexibility index (Phi) is 7.13. The third kappa shape index (κ3) is 5.89. The molecule has 0 bridgehead atoms. The van der Waals surface area contributed by atoms with Gasteiger partial charge >= 0.3 is 5.97 Å². The van der Waals surface area contributed by atoms with Crippen LogP contribution in [0.1, 0.15) is 15.2 Å². The lowest BCUT2D eigenvalue weighted by atomic mass is 10.2. The molecule has 0 fully saturated rings.